The maximum absolute atomic E-state index is 9.11. The zero-order valence-corrected chi connectivity index (χ0v) is 8.44. The molecule has 3 N–H and O–H groups in total. The van der Waals surface area contributed by atoms with Gasteiger partial charge in [-0.1, -0.05) is 0 Å². The summed E-state index contributed by atoms with van der Waals surface area (Å²) in [4.78, 5) is 15.1. The minimum Gasteiger partial charge on any atom is -0.393 e. The molecule has 2 heterocycles. The molecule has 0 saturated heterocycles. The van der Waals surface area contributed by atoms with Crippen molar-refractivity contribution in [2.24, 2.45) is 0 Å². The third-order valence-electron chi connectivity index (χ3n) is 2.08. The number of hydrogen-bond donors (Lipinski definition) is 3. The van der Waals surface area contributed by atoms with Gasteiger partial charge in [0.05, 0.1) is 12.4 Å². The van der Waals surface area contributed by atoms with Gasteiger partial charge in [0.1, 0.15) is 11.8 Å². The number of aliphatic hydroxyl groups is 1. The molecule has 0 bridgehead atoms. The first-order chi connectivity index (χ1) is 7.27. The van der Waals surface area contributed by atoms with E-state index in [0.29, 0.717) is 18.6 Å². The summed E-state index contributed by atoms with van der Waals surface area (Å²) < 4.78 is 0. The molecule has 6 heteroatoms. The van der Waals surface area contributed by atoms with Crippen molar-refractivity contribution >= 4 is 17.0 Å². The van der Waals surface area contributed by atoms with Crippen molar-refractivity contribution in [2.45, 2.75) is 19.4 Å². The number of imidazole rings is 1. The third kappa shape index (κ3) is 2.21. The molecule has 80 valence electrons. The van der Waals surface area contributed by atoms with Crippen LogP contribution in [0.2, 0.25) is 0 Å². The summed E-state index contributed by atoms with van der Waals surface area (Å²) in [7, 11) is 0. The summed E-state index contributed by atoms with van der Waals surface area (Å²) in [6.45, 7) is 2.43. The summed E-state index contributed by atoms with van der Waals surface area (Å²) in [5.74, 6) is 0.721. The predicted molar refractivity (Wildman–Crippen MR) is 56.5 cm³/mol. The second-order valence-electron chi connectivity index (χ2n) is 3.39. The van der Waals surface area contributed by atoms with E-state index in [9.17, 15) is 0 Å². The van der Waals surface area contributed by atoms with Crippen molar-refractivity contribution in [3.05, 3.63) is 12.7 Å². The highest BCUT2D eigenvalue weighted by Gasteiger charge is 2.04. The van der Waals surface area contributed by atoms with Gasteiger partial charge < -0.3 is 15.4 Å². The van der Waals surface area contributed by atoms with Crippen molar-refractivity contribution in [3.63, 3.8) is 0 Å². The summed E-state index contributed by atoms with van der Waals surface area (Å²) in [5, 5.41) is 12.2. The summed E-state index contributed by atoms with van der Waals surface area (Å²) >= 11 is 0. The lowest BCUT2D eigenvalue weighted by atomic mass is 10.3. The van der Waals surface area contributed by atoms with Gasteiger partial charge in [0, 0.05) is 6.54 Å². The van der Waals surface area contributed by atoms with Crippen molar-refractivity contribution in [2.75, 3.05) is 11.9 Å². The molecule has 1 unspecified atom stereocenters. The summed E-state index contributed by atoms with van der Waals surface area (Å²) in [6.07, 6.45) is 3.42. The van der Waals surface area contributed by atoms with Crippen LogP contribution in [0.5, 0.6) is 0 Å². The number of aromatic nitrogens is 4. The Bertz CT molecular complexity index is 439. The molecule has 0 saturated carbocycles. The van der Waals surface area contributed by atoms with Crippen LogP contribution in [0.3, 0.4) is 0 Å². The van der Waals surface area contributed by atoms with Crippen LogP contribution in [-0.2, 0) is 0 Å². The quantitative estimate of drug-likeness (QED) is 0.681. The first-order valence-corrected chi connectivity index (χ1v) is 4.83. The van der Waals surface area contributed by atoms with Crippen molar-refractivity contribution in [1.82, 2.24) is 19.9 Å². The molecule has 1 atom stereocenters. The normalized spacial score (nSPS) is 12.9. The Hall–Kier alpha value is -1.69. The minimum atomic E-state index is -0.309. The zero-order chi connectivity index (χ0) is 10.7. The Morgan fingerprint density at radius 2 is 2.33 bits per heavy atom. The van der Waals surface area contributed by atoms with Crippen LogP contribution in [0.1, 0.15) is 13.3 Å². The lowest BCUT2D eigenvalue weighted by Crippen LogP contribution is -2.10. The molecule has 0 fully saturated rings. The van der Waals surface area contributed by atoms with Crippen LogP contribution in [0, 0.1) is 0 Å². The second kappa shape index (κ2) is 4.22. The van der Waals surface area contributed by atoms with E-state index in [0.717, 1.165) is 11.3 Å². The molecule has 0 spiro atoms. The number of nitrogens with zero attached hydrogens (tertiary/aromatic N) is 3. The van der Waals surface area contributed by atoms with Crippen LogP contribution in [0.25, 0.3) is 11.2 Å². The number of H-pyrrole nitrogens is 1. The molecule has 2 rings (SSSR count). The monoisotopic (exact) mass is 207 g/mol. The van der Waals surface area contributed by atoms with E-state index in [-0.39, 0.29) is 6.10 Å². The highest BCUT2D eigenvalue weighted by atomic mass is 16.3. The standard InChI is InChI=1S/C9H13N5O/c1-6(15)2-3-10-8-7-9(12-4-11-7)14-5-13-8/h4-6,15H,2-3H2,1H3,(H2,10,11,12,13,14). The van der Waals surface area contributed by atoms with E-state index in [4.69, 9.17) is 5.11 Å². The van der Waals surface area contributed by atoms with Gasteiger partial charge in [-0.15, -0.1) is 0 Å². The van der Waals surface area contributed by atoms with Gasteiger partial charge in [0.25, 0.3) is 0 Å². The van der Waals surface area contributed by atoms with Crippen molar-refractivity contribution in [1.29, 1.82) is 0 Å². The topological polar surface area (TPSA) is 86.7 Å². The molecule has 0 aliphatic rings. The van der Waals surface area contributed by atoms with Gasteiger partial charge in [-0.05, 0) is 13.3 Å². The number of nitrogens with one attached hydrogen (secondary N) is 2. The molecule has 0 aliphatic heterocycles. The summed E-state index contributed by atoms with van der Waals surface area (Å²) in [5.41, 5.74) is 1.44. The predicted octanol–water partition coefficient (Wildman–Crippen LogP) is 0.536. The fourth-order valence-corrected chi connectivity index (χ4v) is 1.30. The van der Waals surface area contributed by atoms with Crippen molar-refractivity contribution < 1.29 is 5.11 Å². The van der Waals surface area contributed by atoms with Crippen LogP contribution in [0.15, 0.2) is 12.7 Å². The summed E-state index contributed by atoms with van der Waals surface area (Å²) in [6, 6.07) is 0. The average molecular weight is 207 g/mol. The van der Waals surface area contributed by atoms with Gasteiger partial charge in [-0.3, -0.25) is 0 Å². The number of hydrogen-bond acceptors (Lipinski definition) is 5. The average Bonchev–Trinajstić information content (AvgIpc) is 2.65. The largest absolute Gasteiger partial charge is 0.393 e. The lowest BCUT2D eigenvalue weighted by molar-refractivity contribution is 0.188. The molecule has 2 aromatic rings. The maximum Gasteiger partial charge on any atom is 0.182 e. The van der Waals surface area contributed by atoms with Gasteiger partial charge in [-0.2, -0.15) is 0 Å². The van der Waals surface area contributed by atoms with Gasteiger partial charge in [0.2, 0.25) is 0 Å². The van der Waals surface area contributed by atoms with Crippen LogP contribution in [0.4, 0.5) is 5.82 Å². The highest BCUT2D eigenvalue weighted by molar-refractivity contribution is 5.81. The first-order valence-electron chi connectivity index (χ1n) is 4.83. The highest BCUT2D eigenvalue weighted by Crippen LogP contribution is 2.13. The zero-order valence-electron chi connectivity index (χ0n) is 8.44. The number of aliphatic hydroxyl groups excluding tert-OH is 1. The van der Waals surface area contributed by atoms with E-state index in [1.54, 1.807) is 13.3 Å². The number of aromatic amines is 1. The van der Waals surface area contributed by atoms with E-state index in [2.05, 4.69) is 25.3 Å². The Morgan fingerprint density at radius 1 is 1.47 bits per heavy atom. The molecular formula is C9H13N5O. The number of rotatable bonds is 4. The Labute approximate surface area is 86.8 Å². The Kier molecular flexibility index (Phi) is 2.77. The molecule has 0 radical (unpaired) electrons. The Balaban J connectivity index is 2.10. The molecular weight excluding hydrogens is 194 g/mol. The number of fused-ring (bicyclic) bond motifs is 1. The molecule has 0 aromatic carbocycles. The minimum absolute atomic E-state index is 0.309. The van der Waals surface area contributed by atoms with Crippen LogP contribution in [-0.4, -0.2) is 37.7 Å². The fraction of sp³-hybridized carbons (Fsp3) is 0.444. The fourth-order valence-electron chi connectivity index (χ4n) is 1.30. The molecule has 15 heavy (non-hydrogen) atoms. The van der Waals surface area contributed by atoms with Crippen LogP contribution >= 0.6 is 0 Å². The van der Waals surface area contributed by atoms with Crippen LogP contribution < -0.4 is 5.32 Å². The SMILES string of the molecule is CC(O)CCNc1ncnc2nc[nH]c12. The third-order valence-corrected chi connectivity index (χ3v) is 2.08. The van der Waals surface area contributed by atoms with E-state index < -0.39 is 0 Å². The molecule has 2 aromatic heterocycles. The smallest absolute Gasteiger partial charge is 0.182 e. The molecule has 0 aliphatic carbocycles. The lowest BCUT2D eigenvalue weighted by Gasteiger charge is -2.06. The van der Waals surface area contributed by atoms with Gasteiger partial charge >= 0.3 is 0 Å². The van der Waals surface area contributed by atoms with Gasteiger partial charge in [-0.25, -0.2) is 15.0 Å². The molecule has 6 nitrogen and oxygen atoms in total. The number of anilines is 1. The maximum atomic E-state index is 9.11. The van der Waals surface area contributed by atoms with Crippen molar-refractivity contribution in [3.8, 4) is 0 Å². The van der Waals surface area contributed by atoms with E-state index in [1.165, 1.54) is 6.33 Å². The van der Waals surface area contributed by atoms with E-state index >= 15 is 0 Å². The second-order valence-corrected chi connectivity index (χ2v) is 3.39. The molecule has 0 amide bonds. The first kappa shape index (κ1) is 9.85. The van der Waals surface area contributed by atoms with Gasteiger partial charge in [0.15, 0.2) is 11.5 Å². The van der Waals surface area contributed by atoms with E-state index in [1.807, 2.05) is 0 Å². The Morgan fingerprint density at radius 3 is 3.13 bits per heavy atom.